The number of nitrogens with one attached hydrogen (secondary N) is 1. The molecule has 0 aliphatic carbocycles. The summed E-state index contributed by atoms with van der Waals surface area (Å²) in [6.45, 7) is 4.24. The first-order valence-electron chi connectivity index (χ1n) is 17.7. The number of rotatable bonds is 12. The maximum absolute atomic E-state index is 13.0. The number of hydrogen-bond donors (Lipinski definition) is 1. The van der Waals surface area contributed by atoms with E-state index < -0.39 is 23.5 Å². The molecule has 6 aromatic carbocycles. The Bertz CT molecular complexity index is 2180. The van der Waals surface area contributed by atoms with Crippen molar-refractivity contribution in [3.63, 3.8) is 0 Å². The van der Waals surface area contributed by atoms with Crippen molar-refractivity contribution < 1.29 is 14.3 Å². The van der Waals surface area contributed by atoms with Crippen LogP contribution in [0.15, 0.2) is 170 Å². The van der Waals surface area contributed by atoms with Gasteiger partial charge in [-0.2, -0.15) is 0 Å². The smallest absolute Gasteiger partial charge is 0.345 e. The van der Waals surface area contributed by atoms with Gasteiger partial charge in [-0.3, -0.25) is 0 Å². The number of benzene rings is 6. The lowest BCUT2D eigenvalue weighted by atomic mass is 9.77. The summed E-state index contributed by atoms with van der Waals surface area (Å²) in [5.74, 6) is -0.746. The van der Waals surface area contributed by atoms with Crippen LogP contribution in [0.1, 0.15) is 46.5 Å². The molecule has 0 fully saturated rings. The summed E-state index contributed by atoms with van der Waals surface area (Å²) in [7, 11) is 0. The molecule has 0 amide bonds. The predicted octanol–water partition coefficient (Wildman–Crippen LogP) is 8.35. The molecule has 0 unspecified atom stereocenters. The largest absolute Gasteiger partial charge is 0.388 e. The highest BCUT2D eigenvalue weighted by molar-refractivity contribution is 5.98. The predicted molar refractivity (Wildman–Crippen MR) is 206 cm³/mol. The van der Waals surface area contributed by atoms with Crippen molar-refractivity contribution in [1.82, 2.24) is 25.5 Å². The molecule has 0 saturated carbocycles. The van der Waals surface area contributed by atoms with Crippen molar-refractivity contribution in [2.75, 3.05) is 0 Å². The number of hydrogen-bond acceptors (Lipinski definition) is 7. The van der Waals surface area contributed by atoms with Gasteiger partial charge in [0.2, 0.25) is 0 Å². The Hall–Kier alpha value is -6.51. The van der Waals surface area contributed by atoms with Gasteiger partial charge in [0.15, 0.2) is 5.82 Å². The van der Waals surface area contributed by atoms with Crippen molar-refractivity contribution in [2.24, 2.45) is 5.92 Å². The van der Waals surface area contributed by atoms with Gasteiger partial charge in [-0.15, -0.1) is 5.10 Å². The zero-order valence-corrected chi connectivity index (χ0v) is 29.5. The molecule has 8 heteroatoms. The summed E-state index contributed by atoms with van der Waals surface area (Å²) < 4.78 is 7.18. The van der Waals surface area contributed by atoms with Gasteiger partial charge < -0.3 is 10.1 Å². The number of esters is 2. The van der Waals surface area contributed by atoms with E-state index in [2.05, 4.69) is 70.2 Å². The van der Waals surface area contributed by atoms with E-state index in [4.69, 9.17) is 9.95 Å². The van der Waals surface area contributed by atoms with Crippen molar-refractivity contribution in [2.45, 2.75) is 32.0 Å². The van der Waals surface area contributed by atoms with Gasteiger partial charge in [0.05, 0.1) is 5.56 Å². The van der Waals surface area contributed by atoms with Crippen LogP contribution in [0.3, 0.4) is 0 Å². The summed E-state index contributed by atoms with van der Waals surface area (Å²) in [6, 6.07) is 55.2. The summed E-state index contributed by atoms with van der Waals surface area (Å²) in [5.41, 5.74) is 6.31. The number of carbonyl (C=O) groups excluding carboxylic acids is 2. The van der Waals surface area contributed by atoms with Gasteiger partial charge in [0, 0.05) is 12.1 Å². The third-order valence-corrected chi connectivity index (χ3v) is 9.44. The summed E-state index contributed by atoms with van der Waals surface area (Å²) in [5, 5.41) is 17.0. The van der Waals surface area contributed by atoms with Crippen molar-refractivity contribution in [3.05, 3.63) is 198 Å². The zero-order chi connectivity index (χ0) is 36.6. The number of ether oxygens (including phenoxy) is 1. The molecule has 1 aromatic heterocycles. The van der Waals surface area contributed by atoms with Gasteiger partial charge in [-0.25, -0.2) is 14.3 Å². The van der Waals surface area contributed by atoms with Crippen LogP contribution in [-0.4, -0.2) is 38.2 Å². The van der Waals surface area contributed by atoms with Crippen LogP contribution in [-0.2, 0) is 21.6 Å². The summed E-state index contributed by atoms with van der Waals surface area (Å²) in [4.78, 5) is 25.6. The van der Waals surface area contributed by atoms with E-state index in [1.165, 1.54) is 0 Å². The highest BCUT2D eigenvalue weighted by Gasteiger charge is 2.42. The van der Waals surface area contributed by atoms with Gasteiger partial charge in [-0.1, -0.05) is 172 Å². The van der Waals surface area contributed by atoms with E-state index in [1.54, 1.807) is 30.3 Å². The van der Waals surface area contributed by atoms with Gasteiger partial charge in [0.1, 0.15) is 11.6 Å². The molecule has 1 heterocycles. The molecule has 53 heavy (non-hydrogen) atoms. The number of aromatic nitrogens is 4. The summed E-state index contributed by atoms with van der Waals surface area (Å²) in [6.07, 6.45) is 0. The Morgan fingerprint density at radius 1 is 0.642 bits per heavy atom. The monoisotopic (exact) mass is 697 g/mol. The second-order valence-corrected chi connectivity index (χ2v) is 13.1. The van der Waals surface area contributed by atoms with E-state index in [0.29, 0.717) is 17.9 Å². The maximum Gasteiger partial charge on any atom is 0.345 e. The molecular weight excluding hydrogens is 659 g/mol. The molecule has 0 saturated heterocycles. The van der Waals surface area contributed by atoms with Crippen LogP contribution in [0.4, 0.5) is 0 Å². The molecular formula is C45H39N5O3. The summed E-state index contributed by atoms with van der Waals surface area (Å²) >= 11 is 0. The quantitative estimate of drug-likeness (QED) is 0.0779. The lowest BCUT2D eigenvalue weighted by Gasteiger charge is -2.36. The molecule has 0 bridgehead atoms. The van der Waals surface area contributed by atoms with Crippen molar-refractivity contribution in [3.8, 4) is 22.5 Å². The lowest BCUT2D eigenvalue weighted by molar-refractivity contribution is -0.141. The van der Waals surface area contributed by atoms with Crippen LogP contribution >= 0.6 is 0 Å². The lowest BCUT2D eigenvalue weighted by Crippen LogP contribution is -2.42. The minimum Gasteiger partial charge on any atom is -0.388 e. The molecule has 262 valence electrons. The van der Waals surface area contributed by atoms with E-state index in [9.17, 15) is 9.59 Å². The Morgan fingerprint density at radius 2 is 1.13 bits per heavy atom. The Kier molecular flexibility index (Phi) is 10.4. The SMILES string of the molecule is CC(C)[C@H](NCc1ccc(-c2ccccc2-c2nnnn2C(c2ccccc2)(c2ccccc2)c2ccccc2)cc1)C(=O)OC(=O)c1ccccc1. The molecule has 7 rings (SSSR count). The molecule has 0 aliphatic heterocycles. The fraction of sp³-hybridized carbons (Fsp3) is 0.133. The van der Waals surface area contributed by atoms with Crippen LogP contribution in [0.2, 0.25) is 0 Å². The first kappa shape index (κ1) is 34.9. The fourth-order valence-electron chi connectivity index (χ4n) is 6.82. The molecule has 0 spiro atoms. The maximum atomic E-state index is 13.0. The third-order valence-electron chi connectivity index (χ3n) is 9.44. The average Bonchev–Trinajstić information content (AvgIpc) is 3.70. The van der Waals surface area contributed by atoms with E-state index in [-0.39, 0.29) is 5.92 Å². The first-order chi connectivity index (χ1) is 26.0. The van der Waals surface area contributed by atoms with Crippen molar-refractivity contribution in [1.29, 1.82) is 0 Å². The first-order valence-corrected chi connectivity index (χ1v) is 17.7. The Morgan fingerprint density at radius 3 is 1.66 bits per heavy atom. The van der Waals surface area contributed by atoms with Crippen LogP contribution in [0, 0.1) is 5.92 Å². The van der Waals surface area contributed by atoms with Crippen LogP contribution in [0.25, 0.3) is 22.5 Å². The number of carbonyl (C=O) groups is 2. The zero-order valence-electron chi connectivity index (χ0n) is 29.5. The fourth-order valence-corrected chi connectivity index (χ4v) is 6.82. The average molecular weight is 698 g/mol. The molecule has 0 radical (unpaired) electrons. The molecule has 7 aromatic rings. The Balaban J connectivity index is 1.21. The van der Waals surface area contributed by atoms with Gasteiger partial charge in [-0.05, 0) is 61.9 Å². The minimum absolute atomic E-state index is 0.0991. The third kappa shape index (κ3) is 7.18. The normalized spacial score (nSPS) is 12.0. The number of tetrazole rings is 1. The highest BCUT2D eigenvalue weighted by atomic mass is 16.6. The highest BCUT2D eigenvalue weighted by Crippen LogP contribution is 2.43. The van der Waals surface area contributed by atoms with Gasteiger partial charge in [0.25, 0.3) is 0 Å². The van der Waals surface area contributed by atoms with Crippen LogP contribution in [0.5, 0.6) is 0 Å². The van der Waals surface area contributed by atoms with Crippen molar-refractivity contribution >= 4 is 11.9 Å². The topological polar surface area (TPSA) is 99.0 Å². The molecule has 1 atom stereocenters. The number of nitrogens with zero attached hydrogens (tertiary/aromatic N) is 4. The van der Waals surface area contributed by atoms with Gasteiger partial charge >= 0.3 is 11.9 Å². The minimum atomic E-state index is -0.884. The van der Waals surface area contributed by atoms with E-state index >= 15 is 0 Å². The molecule has 1 N–H and O–H groups in total. The van der Waals surface area contributed by atoms with Crippen LogP contribution < -0.4 is 5.32 Å². The molecule has 0 aliphatic rings. The standard InChI is InChI=1S/C45H39N5O3/c1-32(2)41(44(52)53-43(51)35-17-7-3-8-18-35)46-31-33-27-29-34(30-28-33)39-25-15-16-26-40(39)42-47-48-49-50(42)45(36-19-9-4-10-20-36,37-21-11-5-12-22-37)38-23-13-6-14-24-38/h3-30,32,41,46H,31H2,1-2H3/t41-/m0/s1. The van der Waals surface area contributed by atoms with E-state index in [1.807, 2.05) is 103 Å². The second-order valence-electron chi connectivity index (χ2n) is 13.1. The molecule has 8 nitrogen and oxygen atoms in total. The second kappa shape index (κ2) is 15.8. The Labute approximate surface area is 309 Å². The van der Waals surface area contributed by atoms with E-state index in [0.717, 1.165) is 38.9 Å².